The smallest absolute Gasteiger partial charge is 0.348 e. The Bertz CT molecular complexity index is 464. The summed E-state index contributed by atoms with van der Waals surface area (Å²) in [6, 6.07) is 4.31. The van der Waals surface area contributed by atoms with Gasteiger partial charge in [-0.2, -0.15) is 13.2 Å². The van der Waals surface area contributed by atoms with Gasteiger partial charge in [0.1, 0.15) is 0 Å². The number of hydrogen-bond acceptors (Lipinski definition) is 2. The molecule has 0 aliphatic carbocycles. The molecule has 106 valence electrons. The van der Waals surface area contributed by atoms with Crippen LogP contribution in [0.25, 0.3) is 0 Å². The molecule has 1 aromatic carbocycles. The Morgan fingerprint density at radius 1 is 1.32 bits per heavy atom. The molecule has 0 aliphatic heterocycles. The van der Waals surface area contributed by atoms with Crippen molar-refractivity contribution in [3.05, 3.63) is 35.4 Å². The first kappa shape index (κ1) is 15.5. The minimum atomic E-state index is -4.40. The van der Waals surface area contributed by atoms with Crippen LogP contribution < -0.4 is 11.1 Å². The van der Waals surface area contributed by atoms with E-state index in [0.29, 0.717) is 5.56 Å². The highest BCUT2D eigenvalue weighted by Gasteiger charge is 2.31. The Morgan fingerprint density at radius 2 is 1.89 bits per heavy atom. The molecule has 1 unspecified atom stereocenters. The van der Waals surface area contributed by atoms with Crippen molar-refractivity contribution < 1.29 is 18.0 Å². The van der Waals surface area contributed by atoms with E-state index in [1.807, 2.05) is 0 Å². The maximum Gasteiger partial charge on any atom is 0.416 e. The Hall–Kier alpha value is -1.56. The first-order valence-corrected chi connectivity index (χ1v) is 5.79. The number of rotatable bonds is 3. The lowest BCUT2D eigenvalue weighted by molar-refractivity contribution is -0.137. The van der Waals surface area contributed by atoms with E-state index < -0.39 is 29.2 Å². The molecule has 1 atom stereocenters. The van der Waals surface area contributed by atoms with Crippen LogP contribution in [0.15, 0.2) is 24.3 Å². The number of nitrogens with one attached hydrogen (secondary N) is 1. The average molecular weight is 274 g/mol. The maximum absolute atomic E-state index is 12.6. The SMILES string of the molecule is CC(NC(=O)C(C)(C)N)c1cccc(C(F)(F)F)c1. The van der Waals surface area contributed by atoms with Crippen molar-refractivity contribution in [2.45, 2.75) is 38.5 Å². The van der Waals surface area contributed by atoms with Gasteiger partial charge in [0, 0.05) is 0 Å². The fourth-order valence-corrected chi connectivity index (χ4v) is 1.45. The van der Waals surface area contributed by atoms with Crippen LogP contribution in [-0.4, -0.2) is 11.4 Å². The summed E-state index contributed by atoms with van der Waals surface area (Å²) in [5.41, 5.74) is 4.18. The van der Waals surface area contributed by atoms with Crippen LogP contribution in [0.3, 0.4) is 0 Å². The number of alkyl halides is 3. The van der Waals surface area contributed by atoms with Gasteiger partial charge in [0.15, 0.2) is 0 Å². The molecule has 1 aromatic rings. The summed E-state index contributed by atoms with van der Waals surface area (Å²) < 4.78 is 37.7. The lowest BCUT2D eigenvalue weighted by atomic mass is 10.0. The molecule has 0 aromatic heterocycles. The zero-order valence-electron chi connectivity index (χ0n) is 11.0. The quantitative estimate of drug-likeness (QED) is 0.890. The van der Waals surface area contributed by atoms with E-state index in [1.165, 1.54) is 26.0 Å². The number of carbonyl (C=O) groups excluding carboxylic acids is 1. The van der Waals surface area contributed by atoms with E-state index in [2.05, 4.69) is 5.32 Å². The molecule has 0 saturated heterocycles. The number of carbonyl (C=O) groups is 1. The Morgan fingerprint density at radius 3 is 2.37 bits per heavy atom. The van der Waals surface area contributed by atoms with E-state index in [9.17, 15) is 18.0 Å². The summed E-state index contributed by atoms with van der Waals surface area (Å²) in [6.45, 7) is 4.67. The summed E-state index contributed by atoms with van der Waals surface area (Å²) in [6.07, 6.45) is -4.40. The zero-order chi connectivity index (χ0) is 14.8. The first-order valence-electron chi connectivity index (χ1n) is 5.79. The van der Waals surface area contributed by atoms with Gasteiger partial charge in [0.2, 0.25) is 5.91 Å². The number of halogens is 3. The van der Waals surface area contributed by atoms with Crippen molar-refractivity contribution in [3.63, 3.8) is 0 Å². The van der Waals surface area contributed by atoms with E-state index in [0.717, 1.165) is 12.1 Å². The molecule has 0 radical (unpaired) electrons. The minimum absolute atomic E-state index is 0.382. The molecule has 0 fully saturated rings. The molecule has 6 heteroatoms. The van der Waals surface area contributed by atoms with Gasteiger partial charge >= 0.3 is 6.18 Å². The summed E-state index contributed by atoms with van der Waals surface area (Å²) >= 11 is 0. The van der Waals surface area contributed by atoms with Gasteiger partial charge in [-0.3, -0.25) is 4.79 Å². The van der Waals surface area contributed by atoms with Crippen LogP contribution in [0.2, 0.25) is 0 Å². The second kappa shape index (κ2) is 5.21. The van der Waals surface area contributed by atoms with Crippen molar-refractivity contribution in [2.75, 3.05) is 0 Å². The van der Waals surface area contributed by atoms with Gasteiger partial charge in [-0.1, -0.05) is 12.1 Å². The number of amides is 1. The highest BCUT2D eigenvalue weighted by Crippen LogP contribution is 2.30. The Kier molecular flexibility index (Phi) is 4.25. The molecule has 1 amide bonds. The normalized spacial score (nSPS) is 14.1. The third kappa shape index (κ3) is 4.24. The van der Waals surface area contributed by atoms with Crippen molar-refractivity contribution in [1.29, 1.82) is 0 Å². The fourth-order valence-electron chi connectivity index (χ4n) is 1.45. The lowest BCUT2D eigenvalue weighted by Crippen LogP contribution is -2.49. The minimum Gasteiger partial charge on any atom is -0.348 e. The molecule has 3 nitrogen and oxygen atoms in total. The highest BCUT2D eigenvalue weighted by atomic mass is 19.4. The topological polar surface area (TPSA) is 55.1 Å². The second-order valence-corrected chi connectivity index (χ2v) is 5.04. The number of hydrogen-bond donors (Lipinski definition) is 2. The predicted molar refractivity (Wildman–Crippen MR) is 66.3 cm³/mol. The summed E-state index contributed by atoms with van der Waals surface area (Å²) in [5.74, 6) is -0.419. The largest absolute Gasteiger partial charge is 0.416 e. The van der Waals surface area contributed by atoms with Crippen LogP contribution in [0.5, 0.6) is 0 Å². The van der Waals surface area contributed by atoms with Gasteiger partial charge in [-0.05, 0) is 38.5 Å². The molecule has 19 heavy (non-hydrogen) atoms. The summed E-state index contributed by atoms with van der Waals surface area (Å²) in [7, 11) is 0. The third-order valence-corrected chi connectivity index (χ3v) is 2.65. The standard InChI is InChI=1S/C13H17F3N2O/c1-8(18-11(19)12(2,3)17)9-5-4-6-10(7-9)13(14,15)16/h4-8H,17H2,1-3H3,(H,18,19). The lowest BCUT2D eigenvalue weighted by Gasteiger charge is -2.22. The van der Waals surface area contributed by atoms with Gasteiger partial charge in [-0.25, -0.2) is 0 Å². The van der Waals surface area contributed by atoms with Crippen LogP contribution in [0.1, 0.15) is 37.9 Å². The van der Waals surface area contributed by atoms with E-state index in [1.54, 1.807) is 6.92 Å². The molecule has 0 aliphatic rings. The van der Waals surface area contributed by atoms with Gasteiger partial charge in [0.05, 0.1) is 17.1 Å². The van der Waals surface area contributed by atoms with E-state index in [4.69, 9.17) is 5.73 Å². The van der Waals surface area contributed by atoms with Crippen LogP contribution >= 0.6 is 0 Å². The van der Waals surface area contributed by atoms with Gasteiger partial charge < -0.3 is 11.1 Å². The summed E-state index contributed by atoms with van der Waals surface area (Å²) in [4.78, 5) is 11.7. The highest BCUT2D eigenvalue weighted by molar-refractivity contribution is 5.85. The van der Waals surface area contributed by atoms with Crippen LogP contribution in [0.4, 0.5) is 13.2 Å². The molecule has 0 heterocycles. The summed E-state index contributed by atoms with van der Waals surface area (Å²) in [5, 5.41) is 2.58. The van der Waals surface area contributed by atoms with Crippen molar-refractivity contribution in [3.8, 4) is 0 Å². The van der Waals surface area contributed by atoms with Gasteiger partial charge in [-0.15, -0.1) is 0 Å². The number of benzene rings is 1. The van der Waals surface area contributed by atoms with E-state index in [-0.39, 0.29) is 0 Å². The monoisotopic (exact) mass is 274 g/mol. The van der Waals surface area contributed by atoms with Crippen molar-refractivity contribution >= 4 is 5.91 Å². The average Bonchev–Trinajstić information content (AvgIpc) is 2.26. The third-order valence-electron chi connectivity index (χ3n) is 2.65. The fraction of sp³-hybridized carbons (Fsp3) is 0.462. The molecule has 0 bridgehead atoms. The molecular weight excluding hydrogens is 257 g/mol. The molecule has 1 rings (SSSR count). The van der Waals surface area contributed by atoms with E-state index >= 15 is 0 Å². The number of nitrogens with two attached hydrogens (primary N) is 1. The van der Waals surface area contributed by atoms with Crippen molar-refractivity contribution in [1.82, 2.24) is 5.32 Å². The molecular formula is C13H17F3N2O. The Labute approximate surface area is 110 Å². The zero-order valence-corrected chi connectivity index (χ0v) is 11.0. The van der Waals surface area contributed by atoms with Crippen LogP contribution in [0, 0.1) is 0 Å². The molecule has 0 spiro atoms. The van der Waals surface area contributed by atoms with Gasteiger partial charge in [0.25, 0.3) is 0 Å². The van der Waals surface area contributed by atoms with Crippen molar-refractivity contribution in [2.24, 2.45) is 5.73 Å². The predicted octanol–water partition coefficient (Wildman–Crippen LogP) is 2.62. The molecule has 3 N–H and O–H groups in total. The Balaban J connectivity index is 2.89. The second-order valence-electron chi connectivity index (χ2n) is 5.04. The first-order chi connectivity index (χ1) is 8.51. The molecule has 0 saturated carbocycles. The maximum atomic E-state index is 12.6. The van der Waals surface area contributed by atoms with Crippen LogP contribution in [-0.2, 0) is 11.0 Å².